The van der Waals surface area contributed by atoms with Crippen LogP contribution in [0.1, 0.15) is 48.0 Å². The molecule has 4 aliphatic rings. The van der Waals surface area contributed by atoms with Crippen LogP contribution in [0.2, 0.25) is 5.02 Å². The second-order valence-electron chi connectivity index (χ2n) is 7.39. The van der Waals surface area contributed by atoms with Gasteiger partial charge < -0.3 is 5.32 Å². The van der Waals surface area contributed by atoms with Gasteiger partial charge in [0.1, 0.15) is 0 Å². The number of benzene rings is 1. The van der Waals surface area contributed by atoms with E-state index in [2.05, 4.69) is 5.32 Å². The fourth-order valence-electron chi connectivity index (χ4n) is 5.13. The second kappa shape index (κ2) is 5.01. The number of carbonyl (C=O) groups is 1. The molecule has 4 saturated carbocycles. The van der Waals surface area contributed by atoms with Crippen molar-refractivity contribution >= 4 is 17.5 Å². The van der Waals surface area contributed by atoms with Crippen LogP contribution in [0.4, 0.5) is 0 Å². The molecule has 0 saturated heterocycles. The van der Waals surface area contributed by atoms with Crippen LogP contribution in [0.3, 0.4) is 0 Å². The Morgan fingerprint density at radius 1 is 1.10 bits per heavy atom. The lowest BCUT2D eigenvalue weighted by Gasteiger charge is -2.54. The predicted molar refractivity (Wildman–Crippen MR) is 84.5 cm³/mol. The van der Waals surface area contributed by atoms with Gasteiger partial charge in [0.05, 0.1) is 0 Å². The van der Waals surface area contributed by atoms with Crippen LogP contribution in [0.5, 0.6) is 0 Å². The van der Waals surface area contributed by atoms with Gasteiger partial charge in [0.15, 0.2) is 0 Å². The molecule has 0 heterocycles. The van der Waals surface area contributed by atoms with Gasteiger partial charge in [0, 0.05) is 16.6 Å². The van der Waals surface area contributed by atoms with Gasteiger partial charge in [-0.15, -0.1) is 0 Å². The third-order valence-electron chi connectivity index (χ3n) is 5.96. The van der Waals surface area contributed by atoms with Crippen molar-refractivity contribution in [2.24, 2.45) is 23.7 Å². The lowest BCUT2D eigenvalue weighted by Crippen LogP contribution is -2.55. The van der Waals surface area contributed by atoms with Crippen molar-refractivity contribution in [3.05, 3.63) is 34.3 Å². The van der Waals surface area contributed by atoms with E-state index in [9.17, 15) is 4.79 Å². The molecule has 2 nitrogen and oxygen atoms in total. The first-order chi connectivity index (χ1) is 10.1. The zero-order chi connectivity index (χ0) is 14.6. The molecule has 1 amide bonds. The molecular weight excluding hydrogens is 282 g/mol. The summed E-state index contributed by atoms with van der Waals surface area (Å²) in [5.74, 6) is 3.36. The molecule has 3 heteroatoms. The Hall–Kier alpha value is -1.02. The van der Waals surface area contributed by atoms with Crippen LogP contribution in [-0.2, 0) is 0 Å². The Kier molecular flexibility index (Phi) is 3.25. The first-order valence-electron chi connectivity index (χ1n) is 8.17. The lowest BCUT2D eigenvalue weighted by molar-refractivity contribution is -0.0119. The van der Waals surface area contributed by atoms with Crippen molar-refractivity contribution in [3.63, 3.8) is 0 Å². The first-order valence-corrected chi connectivity index (χ1v) is 8.55. The van der Waals surface area contributed by atoms with E-state index in [1.54, 1.807) is 6.07 Å². The van der Waals surface area contributed by atoms with E-state index in [0.717, 1.165) is 17.4 Å². The molecule has 0 spiro atoms. The first kappa shape index (κ1) is 13.6. The van der Waals surface area contributed by atoms with Crippen molar-refractivity contribution in [3.8, 4) is 0 Å². The van der Waals surface area contributed by atoms with Gasteiger partial charge in [0.25, 0.3) is 5.91 Å². The van der Waals surface area contributed by atoms with E-state index in [4.69, 9.17) is 11.6 Å². The summed E-state index contributed by atoms with van der Waals surface area (Å²) in [4.78, 5) is 12.5. The molecule has 0 unspecified atom stereocenters. The third-order valence-corrected chi connectivity index (χ3v) is 6.37. The minimum absolute atomic E-state index is 0.0503. The number of rotatable bonds is 2. The molecule has 0 radical (unpaired) electrons. The SMILES string of the molecule is Cc1ccc(C(=O)NC2C3CC4CC(C3)CC2C4)cc1Cl. The number of hydrogen-bond donors (Lipinski definition) is 1. The maximum atomic E-state index is 12.5. The predicted octanol–water partition coefficient (Wildman–Crippen LogP) is 4.20. The maximum absolute atomic E-state index is 12.5. The number of hydrogen-bond acceptors (Lipinski definition) is 1. The van der Waals surface area contributed by atoms with Gasteiger partial charge in [-0.3, -0.25) is 4.79 Å². The molecule has 112 valence electrons. The molecule has 4 fully saturated rings. The summed E-state index contributed by atoms with van der Waals surface area (Å²) in [5, 5.41) is 4.00. The van der Waals surface area contributed by atoms with E-state index < -0.39 is 0 Å². The average molecular weight is 304 g/mol. The van der Waals surface area contributed by atoms with Crippen molar-refractivity contribution < 1.29 is 4.79 Å². The number of halogens is 1. The minimum Gasteiger partial charge on any atom is -0.349 e. The van der Waals surface area contributed by atoms with E-state index >= 15 is 0 Å². The average Bonchev–Trinajstić information content (AvgIpc) is 2.45. The quantitative estimate of drug-likeness (QED) is 0.871. The Balaban J connectivity index is 1.50. The molecule has 0 atom stereocenters. The lowest BCUT2D eigenvalue weighted by atomic mass is 9.54. The zero-order valence-electron chi connectivity index (χ0n) is 12.4. The summed E-state index contributed by atoms with van der Waals surface area (Å²) < 4.78 is 0. The Labute approximate surface area is 131 Å². The fraction of sp³-hybridized carbons (Fsp3) is 0.611. The molecule has 1 aromatic carbocycles. The highest BCUT2D eigenvalue weighted by Gasteiger charge is 2.48. The van der Waals surface area contributed by atoms with Crippen LogP contribution in [0, 0.1) is 30.6 Å². The number of carbonyl (C=O) groups excluding carboxylic acids is 1. The molecular formula is C18H22ClNO. The normalized spacial score (nSPS) is 36.8. The second-order valence-corrected chi connectivity index (χ2v) is 7.80. The maximum Gasteiger partial charge on any atom is 0.251 e. The number of amides is 1. The highest BCUT2D eigenvalue weighted by atomic mass is 35.5. The van der Waals surface area contributed by atoms with Gasteiger partial charge in [-0.2, -0.15) is 0 Å². The highest BCUT2D eigenvalue weighted by molar-refractivity contribution is 6.31. The topological polar surface area (TPSA) is 29.1 Å². The van der Waals surface area contributed by atoms with E-state index in [1.807, 2.05) is 19.1 Å². The summed E-state index contributed by atoms with van der Waals surface area (Å²) in [6.45, 7) is 1.96. The van der Waals surface area contributed by atoms with Crippen LogP contribution >= 0.6 is 11.6 Å². The summed E-state index contributed by atoms with van der Waals surface area (Å²) in [6.07, 6.45) is 6.75. The monoisotopic (exact) mass is 303 g/mol. The summed E-state index contributed by atoms with van der Waals surface area (Å²) in [6, 6.07) is 5.99. The number of aryl methyl sites for hydroxylation is 1. The Bertz CT molecular complexity index is 555. The van der Waals surface area contributed by atoms with Crippen LogP contribution < -0.4 is 5.32 Å². The van der Waals surface area contributed by atoms with Crippen LogP contribution in [0.15, 0.2) is 18.2 Å². The third kappa shape index (κ3) is 2.38. The van der Waals surface area contributed by atoms with Gasteiger partial charge in [0.2, 0.25) is 0 Å². The van der Waals surface area contributed by atoms with Crippen molar-refractivity contribution in [1.82, 2.24) is 5.32 Å². The van der Waals surface area contributed by atoms with E-state index in [0.29, 0.717) is 28.5 Å². The minimum atomic E-state index is 0.0503. The van der Waals surface area contributed by atoms with Gasteiger partial charge >= 0.3 is 0 Å². The summed E-state index contributed by atoms with van der Waals surface area (Å²) in [5.41, 5.74) is 1.71. The Morgan fingerprint density at radius 3 is 2.29 bits per heavy atom. The van der Waals surface area contributed by atoms with Crippen molar-refractivity contribution in [2.75, 3.05) is 0 Å². The van der Waals surface area contributed by atoms with E-state index in [-0.39, 0.29) is 5.91 Å². The fourth-order valence-corrected chi connectivity index (χ4v) is 5.31. The highest BCUT2D eigenvalue weighted by Crippen LogP contribution is 2.53. The van der Waals surface area contributed by atoms with Gasteiger partial charge in [-0.25, -0.2) is 0 Å². The zero-order valence-corrected chi connectivity index (χ0v) is 13.2. The molecule has 5 rings (SSSR count). The summed E-state index contributed by atoms with van der Waals surface area (Å²) >= 11 is 6.14. The van der Waals surface area contributed by atoms with Crippen LogP contribution in [0.25, 0.3) is 0 Å². The molecule has 21 heavy (non-hydrogen) atoms. The van der Waals surface area contributed by atoms with Crippen molar-refractivity contribution in [1.29, 1.82) is 0 Å². The van der Waals surface area contributed by atoms with Crippen molar-refractivity contribution in [2.45, 2.75) is 45.1 Å². The molecule has 0 aliphatic heterocycles. The molecule has 4 bridgehead atoms. The van der Waals surface area contributed by atoms with Gasteiger partial charge in [-0.05, 0) is 80.4 Å². The largest absolute Gasteiger partial charge is 0.349 e. The van der Waals surface area contributed by atoms with Crippen LogP contribution in [-0.4, -0.2) is 11.9 Å². The van der Waals surface area contributed by atoms with E-state index in [1.165, 1.54) is 32.1 Å². The summed E-state index contributed by atoms with van der Waals surface area (Å²) in [7, 11) is 0. The standard InChI is InChI=1S/C18H22ClNO/c1-10-2-3-13(9-16(10)19)18(21)20-17-14-5-11-4-12(7-14)8-15(17)6-11/h2-3,9,11-12,14-15,17H,4-8H2,1H3,(H,20,21). The molecule has 4 aliphatic carbocycles. The Morgan fingerprint density at radius 2 is 1.71 bits per heavy atom. The molecule has 0 aromatic heterocycles. The number of nitrogens with one attached hydrogen (secondary N) is 1. The smallest absolute Gasteiger partial charge is 0.251 e. The van der Waals surface area contributed by atoms with Gasteiger partial charge in [-0.1, -0.05) is 17.7 Å². The molecule has 1 aromatic rings. The molecule has 1 N–H and O–H groups in total.